The smallest absolute Gasteiger partial charge is 0.340 e. The lowest BCUT2D eigenvalue weighted by atomic mass is 9.93. The average Bonchev–Trinajstić information content (AvgIpc) is 2.74. The summed E-state index contributed by atoms with van der Waals surface area (Å²) in [5.41, 5.74) is 0.357. The minimum atomic E-state index is -3.43. The SMILES string of the molecule is C=CC1c2cc(OC)c(O)cc2C=C(C(=O)OCCS(C)(=O)=O)C(C(=O)OCCS(C)(=O)=O)=CN1C. The third kappa shape index (κ3) is 7.85. The number of ether oxygens (including phenoxy) is 3. The van der Waals surface area contributed by atoms with Gasteiger partial charge in [0.05, 0.1) is 35.8 Å². The van der Waals surface area contributed by atoms with Crippen LogP contribution in [0.3, 0.4) is 0 Å². The lowest BCUT2D eigenvalue weighted by Gasteiger charge is -2.29. The molecule has 1 atom stereocenters. The zero-order valence-electron chi connectivity index (χ0n) is 20.4. The van der Waals surface area contributed by atoms with Crippen LogP contribution in [-0.2, 0) is 38.7 Å². The number of phenols is 1. The number of carbonyl (C=O) groups excluding carboxylic acids is 2. The van der Waals surface area contributed by atoms with Crippen molar-refractivity contribution < 1.29 is 45.7 Å². The van der Waals surface area contributed by atoms with Crippen molar-refractivity contribution in [1.29, 1.82) is 0 Å². The molecule has 1 aromatic carbocycles. The van der Waals surface area contributed by atoms with Crippen molar-refractivity contribution in [2.45, 2.75) is 6.04 Å². The highest BCUT2D eigenvalue weighted by atomic mass is 32.2. The number of benzene rings is 1. The summed E-state index contributed by atoms with van der Waals surface area (Å²) in [7, 11) is -3.86. The maximum absolute atomic E-state index is 13.0. The third-order valence-electron chi connectivity index (χ3n) is 5.10. The van der Waals surface area contributed by atoms with Crippen molar-refractivity contribution in [2.75, 3.05) is 51.4 Å². The molecule has 1 heterocycles. The van der Waals surface area contributed by atoms with Gasteiger partial charge in [-0.3, -0.25) is 0 Å². The van der Waals surface area contributed by atoms with Crippen LogP contribution < -0.4 is 4.74 Å². The molecule has 13 heteroatoms. The summed E-state index contributed by atoms with van der Waals surface area (Å²) >= 11 is 0. The fourth-order valence-electron chi connectivity index (χ4n) is 3.30. The van der Waals surface area contributed by atoms with E-state index < -0.39 is 62.4 Å². The number of carbonyl (C=O) groups is 2. The van der Waals surface area contributed by atoms with E-state index in [1.165, 1.54) is 25.5 Å². The van der Waals surface area contributed by atoms with E-state index in [9.17, 15) is 31.5 Å². The van der Waals surface area contributed by atoms with Gasteiger partial charge in [-0.25, -0.2) is 26.4 Å². The molecule has 1 aromatic rings. The van der Waals surface area contributed by atoms with Gasteiger partial charge in [-0.1, -0.05) is 6.08 Å². The van der Waals surface area contributed by atoms with Crippen LogP contribution in [0.1, 0.15) is 17.2 Å². The predicted octanol–water partition coefficient (Wildman–Crippen LogP) is 1.02. The van der Waals surface area contributed by atoms with E-state index in [0.717, 1.165) is 12.5 Å². The van der Waals surface area contributed by atoms with Crippen LogP contribution in [0.25, 0.3) is 6.08 Å². The first-order valence-electron chi connectivity index (χ1n) is 10.6. The van der Waals surface area contributed by atoms with Crippen molar-refractivity contribution in [1.82, 2.24) is 4.90 Å². The largest absolute Gasteiger partial charge is 0.504 e. The third-order valence-corrected chi connectivity index (χ3v) is 6.92. The zero-order chi connectivity index (χ0) is 27.3. The Morgan fingerprint density at radius 1 is 1.03 bits per heavy atom. The molecule has 11 nitrogen and oxygen atoms in total. The lowest BCUT2D eigenvalue weighted by Crippen LogP contribution is -2.26. The van der Waals surface area contributed by atoms with E-state index in [2.05, 4.69) is 6.58 Å². The minimum absolute atomic E-state index is 0.171. The molecule has 1 aliphatic heterocycles. The number of aromatic hydroxyl groups is 1. The summed E-state index contributed by atoms with van der Waals surface area (Å²) in [5, 5.41) is 10.3. The molecule has 0 fully saturated rings. The molecule has 198 valence electrons. The maximum Gasteiger partial charge on any atom is 0.340 e. The number of hydrogen-bond acceptors (Lipinski definition) is 11. The molecule has 2 rings (SSSR count). The molecular formula is C23H29NO10S2. The second-order valence-electron chi connectivity index (χ2n) is 8.13. The highest BCUT2D eigenvalue weighted by Gasteiger charge is 2.29. The number of methoxy groups -OCH3 is 1. The van der Waals surface area contributed by atoms with Gasteiger partial charge in [0.2, 0.25) is 0 Å². The average molecular weight is 544 g/mol. The first-order chi connectivity index (χ1) is 16.7. The van der Waals surface area contributed by atoms with Crippen LogP contribution in [0.2, 0.25) is 0 Å². The van der Waals surface area contributed by atoms with Crippen LogP contribution in [0.4, 0.5) is 0 Å². The Morgan fingerprint density at radius 2 is 1.56 bits per heavy atom. The molecule has 0 spiro atoms. The van der Waals surface area contributed by atoms with Crippen molar-refractivity contribution >= 4 is 37.7 Å². The van der Waals surface area contributed by atoms with E-state index in [0.29, 0.717) is 11.1 Å². The number of fused-ring (bicyclic) bond motifs is 1. The van der Waals surface area contributed by atoms with E-state index in [1.807, 2.05) is 0 Å². The van der Waals surface area contributed by atoms with Gasteiger partial charge in [0.1, 0.15) is 13.2 Å². The molecular weight excluding hydrogens is 514 g/mol. The Bertz CT molecular complexity index is 1310. The van der Waals surface area contributed by atoms with E-state index in [4.69, 9.17) is 14.2 Å². The Kier molecular flexibility index (Phi) is 9.32. The van der Waals surface area contributed by atoms with Gasteiger partial charge >= 0.3 is 11.9 Å². The van der Waals surface area contributed by atoms with Gasteiger partial charge in [-0.15, -0.1) is 6.58 Å². The van der Waals surface area contributed by atoms with Crippen LogP contribution >= 0.6 is 0 Å². The molecule has 1 unspecified atom stereocenters. The van der Waals surface area contributed by atoms with Crippen LogP contribution in [0.5, 0.6) is 11.5 Å². The second-order valence-corrected chi connectivity index (χ2v) is 12.7. The number of nitrogens with zero attached hydrogens (tertiary/aromatic N) is 1. The summed E-state index contributed by atoms with van der Waals surface area (Å²) in [5.74, 6) is -2.94. The summed E-state index contributed by atoms with van der Waals surface area (Å²) in [6.07, 6.45) is 6.16. The molecule has 0 bridgehead atoms. The van der Waals surface area contributed by atoms with E-state index in [-0.39, 0.29) is 22.6 Å². The Morgan fingerprint density at radius 3 is 2.03 bits per heavy atom. The van der Waals surface area contributed by atoms with Crippen molar-refractivity contribution in [2.24, 2.45) is 0 Å². The maximum atomic E-state index is 13.0. The minimum Gasteiger partial charge on any atom is -0.504 e. The fraction of sp³-hybridized carbons (Fsp3) is 0.391. The van der Waals surface area contributed by atoms with Crippen LogP contribution in [0, 0.1) is 0 Å². The molecule has 0 radical (unpaired) electrons. The van der Waals surface area contributed by atoms with E-state index in [1.54, 1.807) is 24.1 Å². The quantitative estimate of drug-likeness (QED) is 0.332. The number of sulfone groups is 2. The van der Waals surface area contributed by atoms with Gasteiger partial charge in [0.15, 0.2) is 31.2 Å². The molecule has 0 amide bonds. The van der Waals surface area contributed by atoms with Crippen molar-refractivity contribution in [3.63, 3.8) is 0 Å². The van der Waals surface area contributed by atoms with Gasteiger partial charge in [-0.2, -0.15) is 0 Å². The second kappa shape index (κ2) is 11.6. The Balaban J connectivity index is 2.62. The molecule has 0 aromatic heterocycles. The molecule has 1 N–H and O–H groups in total. The first kappa shape index (κ1) is 28.9. The van der Waals surface area contributed by atoms with Crippen molar-refractivity contribution in [3.05, 3.63) is 53.3 Å². The summed E-state index contributed by atoms with van der Waals surface area (Å²) in [4.78, 5) is 27.5. The number of phenolic OH excluding ortho intramolecular Hbond substituents is 1. The Hall–Kier alpha value is -3.32. The topological polar surface area (TPSA) is 154 Å². The predicted molar refractivity (Wildman–Crippen MR) is 133 cm³/mol. The lowest BCUT2D eigenvalue weighted by molar-refractivity contribution is -0.142. The molecule has 0 saturated carbocycles. The first-order valence-corrected chi connectivity index (χ1v) is 14.7. The number of esters is 2. The molecule has 0 aliphatic carbocycles. The number of likely N-dealkylation sites (N-methyl/N-ethyl adjacent to an activating group) is 1. The number of hydrogen-bond donors (Lipinski definition) is 1. The van der Waals surface area contributed by atoms with Crippen LogP contribution in [0.15, 0.2) is 42.1 Å². The molecule has 36 heavy (non-hydrogen) atoms. The van der Waals surface area contributed by atoms with E-state index >= 15 is 0 Å². The summed E-state index contributed by atoms with van der Waals surface area (Å²) in [6.45, 7) is 2.91. The highest BCUT2D eigenvalue weighted by Crippen LogP contribution is 2.38. The highest BCUT2D eigenvalue weighted by molar-refractivity contribution is 7.90. The standard InChI is InChI=1S/C23H29NO10S2/c1-6-19-16-13-21(32-3)20(25)12-15(16)11-17(22(26)33-7-9-35(4,28)29)18(14-24(19)2)23(27)34-8-10-36(5,30)31/h6,11-14,19,25H,1,7-10H2,2-5H3. The normalized spacial score (nSPS) is 16.0. The zero-order valence-corrected chi connectivity index (χ0v) is 22.0. The molecule has 1 aliphatic rings. The monoisotopic (exact) mass is 543 g/mol. The van der Waals surface area contributed by atoms with Gasteiger partial charge in [0, 0.05) is 25.8 Å². The number of rotatable bonds is 10. The van der Waals surface area contributed by atoms with Gasteiger partial charge in [-0.05, 0) is 29.3 Å². The van der Waals surface area contributed by atoms with Gasteiger partial charge < -0.3 is 24.2 Å². The summed E-state index contributed by atoms with van der Waals surface area (Å²) in [6, 6.07) is 2.35. The van der Waals surface area contributed by atoms with Crippen LogP contribution in [-0.4, -0.2) is 90.2 Å². The Labute approximate surface area is 210 Å². The van der Waals surface area contributed by atoms with Crippen molar-refractivity contribution in [3.8, 4) is 11.5 Å². The molecule has 0 saturated heterocycles. The fourth-order valence-corrected chi connectivity index (χ4v) is 4.07. The van der Waals surface area contributed by atoms with Gasteiger partial charge in [0.25, 0.3) is 0 Å². The summed E-state index contributed by atoms with van der Waals surface area (Å²) < 4.78 is 61.1.